The summed E-state index contributed by atoms with van der Waals surface area (Å²) in [5.41, 5.74) is 7.19. The monoisotopic (exact) mass is 416 g/mol. The SMILES string of the molecule is CCc1cnc(N2CCN(C(=O)CC(N)c3ccccc3)CC2)s1.Cl.Cl. The van der Waals surface area contributed by atoms with Gasteiger partial charge in [-0.2, -0.15) is 0 Å². The predicted molar refractivity (Wildman–Crippen MR) is 113 cm³/mol. The first-order chi connectivity index (χ1) is 11.7. The molecule has 0 aliphatic carbocycles. The van der Waals surface area contributed by atoms with Crippen LogP contribution in [0.5, 0.6) is 0 Å². The molecule has 8 heteroatoms. The minimum Gasteiger partial charge on any atom is -0.345 e. The molecule has 2 aromatic rings. The smallest absolute Gasteiger partial charge is 0.224 e. The average molecular weight is 417 g/mol. The molecule has 2 heterocycles. The zero-order valence-electron chi connectivity index (χ0n) is 14.8. The Bertz CT molecular complexity index is 675. The van der Waals surface area contributed by atoms with Gasteiger partial charge in [0.15, 0.2) is 5.13 Å². The number of nitrogens with two attached hydrogens (primary N) is 1. The second-order valence-electron chi connectivity index (χ2n) is 6.05. The highest BCUT2D eigenvalue weighted by atomic mass is 35.5. The van der Waals surface area contributed by atoms with Crippen molar-refractivity contribution >= 4 is 47.2 Å². The molecule has 1 saturated heterocycles. The summed E-state index contributed by atoms with van der Waals surface area (Å²) in [4.78, 5) is 22.5. The number of piperazine rings is 1. The predicted octanol–water partition coefficient (Wildman–Crippen LogP) is 3.29. The van der Waals surface area contributed by atoms with Gasteiger partial charge in [0, 0.05) is 49.7 Å². The van der Waals surface area contributed by atoms with Crippen molar-refractivity contribution in [3.63, 3.8) is 0 Å². The number of benzene rings is 1. The molecule has 1 aliphatic heterocycles. The maximum atomic E-state index is 12.5. The number of aromatic nitrogens is 1. The molecular formula is C18H26Cl2N4OS. The summed E-state index contributed by atoms with van der Waals surface area (Å²) in [5.74, 6) is 0.138. The maximum Gasteiger partial charge on any atom is 0.224 e. The van der Waals surface area contributed by atoms with E-state index in [9.17, 15) is 4.79 Å². The van der Waals surface area contributed by atoms with Gasteiger partial charge in [-0.25, -0.2) is 4.98 Å². The van der Waals surface area contributed by atoms with Crippen molar-refractivity contribution < 1.29 is 4.79 Å². The number of hydrogen-bond donors (Lipinski definition) is 1. The maximum absolute atomic E-state index is 12.5. The summed E-state index contributed by atoms with van der Waals surface area (Å²) in [6.07, 6.45) is 3.34. The van der Waals surface area contributed by atoms with Crippen LogP contribution >= 0.6 is 36.2 Å². The van der Waals surface area contributed by atoms with Gasteiger partial charge in [0.05, 0.1) is 0 Å². The molecule has 1 unspecified atom stereocenters. The lowest BCUT2D eigenvalue weighted by Gasteiger charge is -2.35. The first-order valence-corrected chi connectivity index (χ1v) is 9.27. The minimum atomic E-state index is -0.234. The normalized spacial score (nSPS) is 15.0. The third-order valence-electron chi connectivity index (χ3n) is 4.41. The molecule has 1 amide bonds. The standard InChI is InChI=1S/C18H24N4OS.2ClH/c1-2-15-13-20-18(24-15)22-10-8-21(9-11-22)17(23)12-16(19)14-6-4-3-5-7-14;;/h3-7,13,16H,2,8-12,19H2,1H3;2*1H. The van der Waals surface area contributed by atoms with Gasteiger partial charge in [0.25, 0.3) is 0 Å². The van der Waals surface area contributed by atoms with E-state index in [4.69, 9.17) is 5.73 Å². The number of amides is 1. The highest BCUT2D eigenvalue weighted by Crippen LogP contribution is 2.24. The molecule has 0 bridgehead atoms. The first-order valence-electron chi connectivity index (χ1n) is 8.45. The summed E-state index contributed by atoms with van der Waals surface area (Å²) >= 11 is 1.75. The van der Waals surface area contributed by atoms with Crippen molar-refractivity contribution in [1.82, 2.24) is 9.88 Å². The van der Waals surface area contributed by atoms with Crippen LogP contribution in [-0.4, -0.2) is 42.0 Å². The highest BCUT2D eigenvalue weighted by molar-refractivity contribution is 7.15. The summed E-state index contributed by atoms with van der Waals surface area (Å²) in [6.45, 7) is 5.29. The van der Waals surface area contributed by atoms with Crippen LogP contribution in [0.25, 0.3) is 0 Å². The Balaban J connectivity index is 0.00000169. The van der Waals surface area contributed by atoms with Gasteiger partial charge in [-0.05, 0) is 12.0 Å². The Morgan fingerprint density at radius 2 is 1.85 bits per heavy atom. The van der Waals surface area contributed by atoms with Gasteiger partial charge in [-0.1, -0.05) is 37.3 Å². The van der Waals surface area contributed by atoms with Crippen molar-refractivity contribution in [3.8, 4) is 0 Å². The highest BCUT2D eigenvalue weighted by Gasteiger charge is 2.24. The summed E-state index contributed by atoms with van der Waals surface area (Å²) < 4.78 is 0. The fourth-order valence-corrected chi connectivity index (χ4v) is 3.79. The second-order valence-corrected chi connectivity index (χ2v) is 7.15. The molecule has 2 N–H and O–H groups in total. The van der Waals surface area contributed by atoms with Gasteiger partial charge in [0.1, 0.15) is 0 Å². The number of thiazole rings is 1. The van der Waals surface area contributed by atoms with E-state index in [0.717, 1.165) is 43.3 Å². The van der Waals surface area contributed by atoms with Gasteiger partial charge in [-0.3, -0.25) is 4.79 Å². The van der Waals surface area contributed by atoms with E-state index in [2.05, 4.69) is 16.8 Å². The number of nitrogens with zero attached hydrogens (tertiary/aromatic N) is 3. The first kappa shape index (κ1) is 22.7. The summed E-state index contributed by atoms with van der Waals surface area (Å²) in [6, 6.07) is 9.59. The van der Waals surface area contributed by atoms with E-state index >= 15 is 0 Å². The number of anilines is 1. The van der Waals surface area contributed by atoms with Gasteiger partial charge < -0.3 is 15.5 Å². The van der Waals surface area contributed by atoms with Crippen molar-refractivity contribution in [1.29, 1.82) is 0 Å². The third kappa shape index (κ3) is 5.58. The fraction of sp³-hybridized carbons (Fsp3) is 0.444. The zero-order valence-corrected chi connectivity index (χ0v) is 17.3. The molecule has 0 spiro atoms. The number of aryl methyl sites for hydroxylation is 1. The van der Waals surface area contributed by atoms with E-state index in [-0.39, 0.29) is 36.8 Å². The number of carbonyl (C=O) groups excluding carboxylic acids is 1. The lowest BCUT2D eigenvalue weighted by atomic mass is 10.0. The number of hydrogen-bond acceptors (Lipinski definition) is 5. The van der Waals surface area contributed by atoms with Gasteiger partial charge >= 0.3 is 0 Å². The number of halogens is 2. The molecule has 26 heavy (non-hydrogen) atoms. The average Bonchev–Trinajstić information content (AvgIpc) is 3.11. The van der Waals surface area contributed by atoms with Crippen LogP contribution in [-0.2, 0) is 11.2 Å². The van der Waals surface area contributed by atoms with E-state index < -0.39 is 0 Å². The lowest BCUT2D eigenvalue weighted by molar-refractivity contribution is -0.131. The quantitative estimate of drug-likeness (QED) is 0.811. The van der Waals surface area contributed by atoms with E-state index in [1.165, 1.54) is 4.88 Å². The van der Waals surface area contributed by atoms with Crippen LogP contribution in [0.15, 0.2) is 36.5 Å². The lowest BCUT2D eigenvalue weighted by Crippen LogP contribution is -2.49. The Labute approximate surface area is 171 Å². The molecule has 1 atom stereocenters. The molecule has 1 aromatic carbocycles. The van der Waals surface area contributed by atoms with E-state index in [1.54, 1.807) is 11.3 Å². The Hall–Kier alpha value is -1.34. The van der Waals surface area contributed by atoms with Gasteiger partial charge in [0.2, 0.25) is 5.91 Å². The van der Waals surface area contributed by atoms with Crippen molar-refractivity contribution in [2.24, 2.45) is 5.73 Å². The van der Waals surface area contributed by atoms with Crippen LogP contribution in [0.3, 0.4) is 0 Å². The molecule has 0 radical (unpaired) electrons. The van der Waals surface area contributed by atoms with E-state index in [1.807, 2.05) is 41.4 Å². The van der Waals surface area contributed by atoms with Gasteiger partial charge in [-0.15, -0.1) is 36.2 Å². The molecule has 1 fully saturated rings. The fourth-order valence-electron chi connectivity index (χ4n) is 2.89. The molecular weight excluding hydrogens is 391 g/mol. The minimum absolute atomic E-state index is 0. The molecule has 5 nitrogen and oxygen atoms in total. The Morgan fingerprint density at radius 3 is 2.42 bits per heavy atom. The third-order valence-corrected chi connectivity index (χ3v) is 5.62. The Morgan fingerprint density at radius 1 is 1.19 bits per heavy atom. The van der Waals surface area contributed by atoms with Crippen molar-refractivity contribution in [3.05, 3.63) is 47.0 Å². The van der Waals surface area contributed by atoms with Crippen LogP contribution in [0.4, 0.5) is 5.13 Å². The molecule has 1 aliphatic rings. The van der Waals surface area contributed by atoms with Crippen LogP contribution in [0.2, 0.25) is 0 Å². The van der Waals surface area contributed by atoms with Crippen molar-refractivity contribution in [2.75, 3.05) is 31.1 Å². The van der Waals surface area contributed by atoms with Crippen LogP contribution in [0.1, 0.15) is 29.8 Å². The molecule has 0 saturated carbocycles. The summed E-state index contributed by atoms with van der Waals surface area (Å²) in [5, 5.41) is 1.07. The molecule has 3 rings (SSSR count). The number of rotatable bonds is 5. The van der Waals surface area contributed by atoms with Crippen LogP contribution < -0.4 is 10.6 Å². The Kier molecular flexibility index (Phi) is 9.36. The molecule has 144 valence electrons. The second kappa shape index (κ2) is 10.7. The summed E-state index contributed by atoms with van der Waals surface area (Å²) in [7, 11) is 0. The van der Waals surface area contributed by atoms with Crippen molar-refractivity contribution in [2.45, 2.75) is 25.8 Å². The zero-order chi connectivity index (χ0) is 16.9. The number of carbonyl (C=O) groups is 1. The topological polar surface area (TPSA) is 62.5 Å². The molecule has 1 aromatic heterocycles. The largest absolute Gasteiger partial charge is 0.345 e. The van der Waals surface area contributed by atoms with E-state index in [0.29, 0.717) is 6.42 Å². The van der Waals surface area contributed by atoms with Crippen LogP contribution in [0, 0.1) is 0 Å².